The molecule has 21 heavy (non-hydrogen) atoms. The van der Waals surface area contributed by atoms with E-state index in [-0.39, 0.29) is 23.0 Å². The Kier molecular flexibility index (Phi) is 4.63. The van der Waals surface area contributed by atoms with Gasteiger partial charge in [-0.1, -0.05) is 51.1 Å². The third kappa shape index (κ3) is 4.05. The molecule has 0 saturated carbocycles. The third-order valence-corrected chi connectivity index (χ3v) is 3.56. The van der Waals surface area contributed by atoms with E-state index >= 15 is 0 Å². The Hall–Kier alpha value is -1.87. The second kappa shape index (κ2) is 6.27. The van der Waals surface area contributed by atoms with Crippen LogP contribution in [0.15, 0.2) is 48.5 Å². The molecule has 2 aromatic carbocycles. The van der Waals surface area contributed by atoms with Gasteiger partial charge < -0.3 is 10.4 Å². The van der Waals surface area contributed by atoms with E-state index < -0.39 is 0 Å². The Bertz CT molecular complexity index is 587. The second-order valence-corrected chi connectivity index (χ2v) is 6.36. The molecular weight excluding hydrogens is 265 g/mol. The summed E-state index contributed by atoms with van der Waals surface area (Å²) < 4.78 is 13.1. The predicted octanol–water partition coefficient (Wildman–Crippen LogP) is 4.41. The van der Waals surface area contributed by atoms with Crippen molar-refractivity contribution in [1.82, 2.24) is 5.32 Å². The Balaban J connectivity index is 2.18. The van der Waals surface area contributed by atoms with Crippen LogP contribution in [0.5, 0.6) is 5.75 Å². The monoisotopic (exact) mass is 287 g/mol. The van der Waals surface area contributed by atoms with Gasteiger partial charge in [0.2, 0.25) is 0 Å². The standard InChI is InChI=1S/C18H22FNO/c1-18(2,3)17(13-8-10-15(19)11-9-13)20-12-14-6-4-5-7-16(14)21/h4-11,17,20-21H,12H2,1-3H3. The van der Waals surface area contributed by atoms with Crippen molar-refractivity contribution in [1.29, 1.82) is 0 Å². The fourth-order valence-electron chi connectivity index (χ4n) is 2.45. The van der Waals surface area contributed by atoms with E-state index in [9.17, 15) is 9.50 Å². The average molecular weight is 287 g/mol. The summed E-state index contributed by atoms with van der Waals surface area (Å²) in [6, 6.07) is 13.9. The van der Waals surface area contributed by atoms with E-state index in [1.165, 1.54) is 12.1 Å². The topological polar surface area (TPSA) is 32.3 Å². The van der Waals surface area contributed by atoms with Gasteiger partial charge in [0.25, 0.3) is 0 Å². The van der Waals surface area contributed by atoms with E-state index in [1.807, 2.05) is 24.3 Å². The lowest BCUT2D eigenvalue weighted by molar-refractivity contribution is 0.270. The average Bonchev–Trinajstić information content (AvgIpc) is 2.41. The minimum absolute atomic E-state index is 0.0256. The molecule has 2 rings (SSSR count). The zero-order valence-corrected chi connectivity index (χ0v) is 12.7. The summed E-state index contributed by atoms with van der Waals surface area (Å²) in [4.78, 5) is 0. The summed E-state index contributed by atoms with van der Waals surface area (Å²) in [6.45, 7) is 6.97. The van der Waals surface area contributed by atoms with Gasteiger partial charge in [0, 0.05) is 18.2 Å². The summed E-state index contributed by atoms with van der Waals surface area (Å²) in [5.74, 6) is 0.0591. The molecule has 0 heterocycles. The van der Waals surface area contributed by atoms with Crippen molar-refractivity contribution >= 4 is 0 Å². The van der Waals surface area contributed by atoms with Gasteiger partial charge in [-0.3, -0.25) is 0 Å². The van der Waals surface area contributed by atoms with Crippen molar-refractivity contribution in [3.63, 3.8) is 0 Å². The molecule has 0 spiro atoms. The van der Waals surface area contributed by atoms with Crippen LogP contribution in [-0.4, -0.2) is 5.11 Å². The van der Waals surface area contributed by atoms with E-state index in [0.29, 0.717) is 6.54 Å². The van der Waals surface area contributed by atoms with E-state index in [2.05, 4.69) is 26.1 Å². The first-order valence-electron chi connectivity index (χ1n) is 7.13. The van der Waals surface area contributed by atoms with Crippen LogP contribution in [0.25, 0.3) is 0 Å². The molecule has 0 amide bonds. The van der Waals surface area contributed by atoms with Crippen molar-refractivity contribution in [2.75, 3.05) is 0 Å². The minimum atomic E-state index is -0.230. The number of nitrogens with one attached hydrogen (secondary N) is 1. The number of benzene rings is 2. The SMILES string of the molecule is CC(C)(C)C(NCc1ccccc1O)c1ccc(F)cc1. The highest BCUT2D eigenvalue weighted by Crippen LogP contribution is 2.33. The number of hydrogen-bond donors (Lipinski definition) is 2. The molecule has 0 radical (unpaired) electrons. The summed E-state index contributed by atoms with van der Waals surface area (Å²) in [6.07, 6.45) is 0. The summed E-state index contributed by atoms with van der Waals surface area (Å²) in [5, 5.41) is 13.3. The highest BCUT2D eigenvalue weighted by atomic mass is 19.1. The molecule has 0 saturated heterocycles. The van der Waals surface area contributed by atoms with Crippen molar-refractivity contribution in [2.45, 2.75) is 33.4 Å². The molecule has 2 aromatic rings. The largest absolute Gasteiger partial charge is 0.508 e. The third-order valence-electron chi connectivity index (χ3n) is 3.56. The van der Waals surface area contributed by atoms with Crippen LogP contribution in [0.4, 0.5) is 4.39 Å². The van der Waals surface area contributed by atoms with Gasteiger partial charge in [-0.25, -0.2) is 4.39 Å². The molecule has 2 N–H and O–H groups in total. The first kappa shape index (κ1) is 15.5. The quantitative estimate of drug-likeness (QED) is 0.873. The summed E-state index contributed by atoms with van der Waals surface area (Å²) in [7, 11) is 0. The Morgan fingerprint density at radius 3 is 2.24 bits per heavy atom. The maximum Gasteiger partial charge on any atom is 0.123 e. The number of hydrogen-bond acceptors (Lipinski definition) is 2. The van der Waals surface area contributed by atoms with Gasteiger partial charge >= 0.3 is 0 Å². The van der Waals surface area contributed by atoms with Crippen LogP contribution in [0.3, 0.4) is 0 Å². The minimum Gasteiger partial charge on any atom is -0.508 e. The first-order valence-corrected chi connectivity index (χ1v) is 7.13. The zero-order valence-electron chi connectivity index (χ0n) is 12.7. The molecule has 3 heteroatoms. The van der Waals surface area contributed by atoms with Crippen molar-refractivity contribution in [3.05, 3.63) is 65.5 Å². The van der Waals surface area contributed by atoms with Crippen LogP contribution in [0, 0.1) is 11.2 Å². The molecule has 0 aromatic heterocycles. The van der Waals surface area contributed by atoms with Gasteiger partial charge in [0.05, 0.1) is 0 Å². The lowest BCUT2D eigenvalue weighted by Gasteiger charge is -2.32. The lowest BCUT2D eigenvalue weighted by atomic mass is 9.82. The van der Waals surface area contributed by atoms with Gasteiger partial charge in [-0.15, -0.1) is 0 Å². The van der Waals surface area contributed by atoms with Crippen molar-refractivity contribution in [3.8, 4) is 5.75 Å². The summed E-state index contributed by atoms with van der Waals surface area (Å²) in [5.41, 5.74) is 1.87. The molecule has 0 bridgehead atoms. The van der Waals surface area contributed by atoms with Gasteiger partial charge in [0.15, 0.2) is 0 Å². The number of para-hydroxylation sites is 1. The molecule has 112 valence electrons. The molecule has 1 unspecified atom stereocenters. The molecule has 0 aliphatic heterocycles. The molecule has 0 aliphatic rings. The lowest BCUT2D eigenvalue weighted by Crippen LogP contribution is -2.32. The maximum absolute atomic E-state index is 13.1. The number of halogens is 1. The Morgan fingerprint density at radius 2 is 1.67 bits per heavy atom. The smallest absolute Gasteiger partial charge is 0.123 e. The Labute approximate surface area is 125 Å². The van der Waals surface area contributed by atoms with Crippen LogP contribution in [-0.2, 0) is 6.54 Å². The zero-order chi connectivity index (χ0) is 15.5. The van der Waals surface area contributed by atoms with Crippen LogP contribution in [0.1, 0.15) is 37.9 Å². The highest BCUT2D eigenvalue weighted by Gasteiger charge is 2.25. The number of aromatic hydroxyl groups is 1. The number of phenolic OH excluding ortho intramolecular Hbond substituents is 1. The highest BCUT2D eigenvalue weighted by molar-refractivity contribution is 5.32. The van der Waals surface area contributed by atoms with E-state index in [1.54, 1.807) is 12.1 Å². The first-order chi connectivity index (χ1) is 9.88. The second-order valence-electron chi connectivity index (χ2n) is 6.36. The fraction of sp³-hybridized carbons (Fsp3) is 0.333. The maximum atomic E-state index is 13.1. The van der Waals surface area contributed by atoms with E-state index in [0.717, 1.165) is 11.1 Å². The van der Waals surface area contributed by atoms with Gasteiger partial charge in [-0.2, -0.15) is 0 Å². The molecular formula is C18H22FNO. The van der Waals surface area contributed by atoms with Crippen LogP contribution >= 0.6 is 0 Å². The van der Waals surface area contributed by atoms with Crippen molar-refractivity contribution < 1.29 is 9.50 Å². The fourth-order valence-corrected chi connectivity index (χ4v) is 2.45. The summed E-state index contributed by atoms with van der Waals surface area (Å²) >= 11 is 0. The number of rotatable bonds is 4. The molecule has 1 atom stereocenters. The molecule has 2 nitrogen and oxygen atoms in total. The number of phenols is 1. The molecule has 0 fully saturated rings. The van der Waals surface area contributed by atoms with Crippen LogP contribution in [0.2, 0.25) is 0 Å². The van der Waals surface area contributed by atoms with E-state index in [4.69, 9.17) is 0 Å². The van der Waals surface area contributed by atoms with Crippen molar-refractivity contribution in [2.24, 2.45) is 5.41 Å². The Morgan fingerprint density at radius 1 is 1.05 bits per heavy atom. The van der Waals surface area contributed by atoms with Gasteiger partial charge in [-0.05, 0) is 29.2 Å². The van der Waals surface area contributed by atoms with Crippen LogP contribution < -0.4 is 5.32 Å². The van der Waals surface area contributed by atoms with Gasteiger partial charge in [0.1, 0.15) is 11.6 Å². The normalized spacial score (nSPS) is 13.1. The molecule has 0 aliphatic carbocycles. The predicted molar refractivity (Wildman–Crippen MR) is 83.5 cm³/mol.